The number of hydrogen-bond donors (Lipinski definition) is 3. The van der Waals surface area contributed by atoms with Crippen molar-refractivity contribution < 1.29 is 9.50 Å². The number of aliphatic hydroxyl groups excluding tert-OH is 1. The zero-order valence-corrected chi connectivity index (χ0v) is 13.5. The van der Waals surface area contributed by atoms with E-state index in [0.29, 0.717) is 29.1 Å². The molecule has 1 aliphatic carbocycles. The second kappa shape index (κ2) is 6.25. The first-order valence-corrected chi connectivity index (χ1v) is 8.22. The van der Waals surface area contributed by atoms with Gasteiger partial charge in [-0.25, -0.2) is 19.3 Å². The van der Waals surface area contributed by atoms with E-state index in [0.717, 1.165) is 24.0 Å². The van der Waals surface area contributed by atoms with E-state index >= 15 is 0 Å². The Labute approximate surface area is 143 Å². The minimum absolute atomic E-state index is 0.154. The monoisotopic (exact) mass is 339 g/mol. The zero-order valence-electron chi connectivity index (χ0n) is 13.5. The van der Waals surface area contributed by atoms with Gasteiger partial charge in [0.1, 0.15) is 11.6 Å². The fourth-order valence-electron chi connectivity index (χ4n) is 3.22. The molecule has 3 aromatic rings. The number of hydrogen-bond acceptors (Lipinski definition) is 6. The smallest absolute Gasteiger partial charge is 0.223 e. The summed E-state index contributed by atoms with van der Waals surface area (Å²) in [6, 6.07) is 6.32. The number of pyridine rings is 1. The van der Waals surface area contributed by atoms with Gasteiger partial charge in [0, 0.05) is 24.0 Å². The van der Waals surface area contributed by atoms with Crippen LogP contribution in [0.15, 0.2) is 36.7 Å². The Kier molecular flexibility index (Phi) is 3.93. The Bertz CT molecular complexity index is 915. The molecule has 2 atom stereocenters. The fourth-order valence-corrected chi connectivity index (χ4v) is 3.22. The maximum Gasteiger partial charge on any atom is 0.223 e. The van der Waals surface area contributed by atoms with E-state index in [1.54, 1.807) is 24.5 Å². The molecule has 0 saturated heterocycles. The third-order valence-electron chi connectivity index (χ3n) is 4.55. The third-order valence-corrected chi connectivity index (χ3v) is 4.55. The van der Waals surface area contributed by atoms with Crippen molar-refractivity contribution in [3.05, 3.63) is 42.5 Å². The van der Waals surface area contributed by atoms with Crippen LogP contribution in [0, 0.1) is 5.82 Å². The van der Waals surface area contributed by atoms with Crippen LogP contribution in [-0.4, -0.2) is 32.2 Å². The van der Waals surface area contributed by atoms with E-state index < -0.39 is 0 Å². The molecule has 1 aliphatic rings. The van der Waals surface area contributed by atoms with Crippen LogP contribution in [0.2, 0.25) is 0 Å². The van der Waals surface area contributed by atoms with Crippen LogP contribution in [0.4, 0.5) is 16.2 Å². The lowest BCUT2D eigenvalue weighted by Gasteiger charge is -2.14. The molecule has 6 nitrogen and oxygen atoms in total. The highest BCUT2D eigenvalue weighted by Gasteiger charge is 2.23. The molecular formula is C18H18FN5O. The highest BCUT2D eigenvalue weighted by Crippen LogP contribution is 2.30. The second-order valence-electron chi connectivity index (χ2n) is 6.33. The van der Waals surface area contributed by atoms with Crippen molar-refractivity contribution in [2.75, 3.05) is 11.1 Å². The van der Waals surface area contributed by atoms with Crippen LogP contribution < -0.4 is 11.1 Å². The van der Waals surface area contributed by atoms with Crippen LogP contribution in [0.1, 0.15) is 19.3 Å². The summed E-state index contributed by atoms with van der Waals surface area (Å²) in [6.07, 6.45) is 5.36. The number of nitrogens with one attached hydrogen (secondary N) is 1. The Balaban J connectivity index is 1.76. The van der Waals surface area contributed by atoms with Gasteiger partial charge in [0.25, 0.3) is 0 Å². The normalized spacial score (nSPS) is 20.1. The number of fused-ring (bicyclic) bond motifs is 1. The fraction of sp³-hybridized carbons (Fsp3) is 0.278. The molecule has 2 unspecified atom stereocenters. The maximum atomic E-state index is 13.2. The van der Waals surface area contributed by atoms with Crippen molar-refractivity contribution in [3.63, 3.8) is 0 Å². The van der Waals surface area contributed by atoms with E-state index in [1.165, 1.54) is 12.1 Å². The summed E-state index contributed by atoms with van der Waals surface area (Å²) < 4.78 is 13.2. The summed E-state index contributed by atoms with van der Waals surface area (Å²) in [4.78, 5) is 13.1. The van der Waals surface area contributed by atoms with Gasteiger partial charge < -0.3 is 16.2 Å². The van der Waals surface area contributed by atoms with Crippen molar-refractivity contribution in [1.82, 2.24) is 15.0 Å². The number of aromatic nitrogens is 3. The summed E-state index contributed by atoms with van der Waals surface area (Å²) >= 11 is 0. The zero-order chi connectivity index (χ0) is 17.4. The van der Waals surface area contributed by atoms with Gasteiger partial charge >= 0.3 is 0 Å². The molecule has 1 aromatic carbocycles. The van der Waals surface area contributed by atoms with E-state index in [1.807, 2.05) is 0 Å². The third kappa shape index (κ3) is 3.10. The average molecular weight is 339 g/mol. The number of nitrogen functional groups attached to an aromatic ring is 1. The molecule has 0 spiro atoms. The maximum absolute atomic E-state index is 13.2. The molecule has 4 N–H and O–H groups in total. The van der Waals surface area contributed by atoms with Crippen molar-refractivity contribution in [1.29, 1.82) is 0 Å². The predicted molar refractivity (Wildman–Crippen MR) is 94.4 cm³/mol. The van der Waals surface area contributed by atoms with Crippen LogP contribution in [0.5, 0.6) is 0 Å². The van der Waals surface area contributed by atoms with E-state index in [2.05, 4.69) is 20.3 Å². The minimum Gasteiger partial charge on any atom is -0.393 e. The summed E-state index contributed by atoms with van der Waals surface area (Å²) in [7, 11) is 0. The van der Waals surface area contributed by atoms with Crippen molar-refractivity contribution in [2.24, 2.45) is 0 Å². The molecular weight excluding hydrogens is 321 g/mol. The van der Waals surface area contributed by atoms with Crippen LogP contribution in [-0.2, 0) is 0 Å². The van der Waals surface area contributed by atoms with Gasteiger partial charge in [-0.1, -0.05) is 12.1 Å². The number of benzene rings is 1. The number of nitrogens with zero attached hydrogens (tertiary/aromatic N) is 3. The highest BCUT2D eigenvalue weighted by atomic mass is 19.1. The molecule has 1 saturated carbocycles. The van der Waals surface area contributed by atoms with E-state index in [-0.39, 0.29) is 18.0 Å². The van der Waals surface area contributed by atoms with Crippen molar-refractivity contribution >= 4 is 22.7 Å². The molecule has 128 valence electrons. The van der Waals surface area contributed by atoms with Gasteiger partial charge in [0.05, 0.1) is 17.0 Å². The van der Waals surface area contributed by atoms with Crippen molar-refractivity contribution in [3.8, 4) is 11.1 Å². The molecule has 1 fully saturated rings. The lowest BCUT2D eigenvalue weighted by atomic mass is 10.1. The van der Waals surface area contributed by atoms with Crippen LogP contribution >= 0.6 is 0 Å². The SMILES string of the molecule is Nc1ncc(-c2ccc(F)cc2)c2nc(NC3CCC(O)C3)ncc12. The summed E-state index contributed by atoms with van der Waals surface area (Å²) in [5.41, 5.74) is 8.19. The molecule has 0 amide bonds. The van der Waals surface area contributed by atoms with Gasteiger partial charge in [-0.05, 0) is 37.0 Å². The first kappa shape index (κ1) is 15.7. The van der Waals surface area contributed by atoms with Gasteiger partial charge in [0.15, 0.2) is 0 Å². The minimum atomic E-state index is -0.298. The Morgan fingerprint density at radius 2 is 1.92 bits per heavy atom. The summed E-state index contributed by atoms with van der Waals surface area (Å²) in [6.45, 7) is 0. The summed E-state index contributed by atoms with van der Waals surface area (Å²) in [5, 5.41) is 13.6. The number of aliphatic hydroxyl groups is 1. The molecule has 25 heavy (non-hydrogen) atoms. The summed E-state index contributed by atoms with van der Waals surface area (Å²) in [5.74, 6) is 0.539. The number of nitrogens with two attached hydrogens (primary N) is 1. The average Bonchev–Trinajstić information content (AvgIpc) is 3.01. The molecule has 4 rings (SSSR count). The van der Waals surface area contributed by atoms with Gasteiger partial charge in [-0.2, -0.15) is 0 Å². The topological polar surface area (TPSA) is 97.0 Å². The molecule has 7 heteroatoms. The lowest BCUT2D eigenvalue weighted by Crippen LogP contribution is -2.18. The number of anilines is 2. The highest BCUT2D eigenvalue weighted by molar-refractivity contribution is 5.98. The Morgan fingerprint density at radius 1 is 1.12 bits per heavy atom. The number of rotatable bonds is 3. The van der Waals surface area contributed by atoms with Gasteiger partial charge in [-0.3, -0.25) is 0 Å². The molecule has 0 radical (unpaired) electrons. The lowest BCUT2D eigenvalue weighted by molar-refractivity contribution is 0.182. The van der Waals surface area contributed by atoms with Crippen LogP contribution in [0.25, 0.3) is 22.0 Å². The largest absolute Gasteiger partial charge is 0.393 e. The van der Waals surface area contributed by atoms with Crippen molar-refractivity contribution in [2.45, 2.75) is 31.4 Å². The second-order valence-corrected chi connectivity index (χ2v) is 6.33. The molecule has 2 aromatic heterocycles. The molecule has 0 bridgehead atoms. The Morgan fingerprint density at radius 3 is 2.64 bits per heavy atom. The van der Waals surface area contributed by atoms with Gasteiger partial charge in [-0.15, -0.1) is 0 Å². The van der Waals surface area contributed by atoms with Gasteiger partial charge in [0.2, 0.25) is 5.95 Å². The number of halogens is 1. The van der Waals surface area contributed by atoms with Crippen LogP contribution in [0.3, 0.4) is 0 Å². The standard InChI is InChI=1S/C18H18FN5O/c19-11-3-1-10(2-4-11)14-8-21-17(20)15-9-22-18(24-16(14)15)23-12-5-6-13(25)7-12/h1-4,8-9,12-13,25H,5-7H2,(H2,20,21)(H,22,23,24). The first-order chi connectivity index (χ1) is 12.1. The molecule has 2 heterocycles. The predicted octanol–water partition coefficient (Wildman–Crippen LogP) is 2.74. The van der Waals surface area contributed by atoms with E-state index in [4.69, 9.17) is 5.73 Å². The quantitative estimate of drug-likeness (QED) is 0.679. The first-order valence-electron chi connectivity index (χ1n) is 8.22. The van der Waals surface area contributed by atoms with E-state index in [9.17, 15) is 9.50 Å². The Hall–Kier alpha value is -2.80. The molecule has 0 aliphatic heterocycles.